The van der Waals surface area contributed by atoms with E-state index in [0.29, 0.717) is 30.4 Å². The summed E-state index contributed by atoms with van der Waals surface area (Å²) >= 11 is 0. The van der Waals surface area contributed by atoms with Crippen LogP contribution in [-0.2, 0) is 44.7 Å². The van der Waals surface area contributed by atoms with Crippen molar-refractivity contribution in [2.75, 3.05) is 19.8 Å². The summed E-state index contributed by atoms with van der Waals surface area (Å²) < 4.78 is 9.64. The van der Waals surface area contributed by atoms with E-state index in [2.05, 4.69) is 18.5 Å². The Balaban J connectivity index is 0.000000794. The molecule has 11 heteroatoms. The molecule has 3 N–H and O–H groups in total. The lowest BCUT2D eigenvalue weighted by atomic mass is 9.93. The fraction of sp³-hybridized carbons (Fsp3) is 0.429. The SMILES string of the molecule is C=C(C)C(=O)OCCCC(=O)CC(Cc1ccccc1)C(=O)O.C=C(C)C(=O)OCCCC(=O)NCC(=O)O. The molecule has 0 fully saturated rings. The molecule has 0 aliphatic rings. The second kappa shape index (κ2) is 19.8. The van der Waals surface area contributed by atoms with Gasteiger partial charge in [0.1, 0.15) is 12.3 Å². The predicted molar refractivity (Wildman–Crippen MR) is 142 cm³/mol. The molecule has 0 saturated carbocycles. The van der Waals surface area contributed by atoms with Gasteiger partial charge in [-0.1, -0.05) is 43.5 Å². The largest absolute Gasteiger partial charge is 0.481 e. The number of carbonyl (C=O) groups is 6. The van der Waals surface area contributed by atoms with E-state index in [9.17, 15) is 33.9 Å². The number of amides is 1. The maximum absolute atomic E-state index is 11.9. The summed E-state index contributed by atoms with van der Waals surface area (Å²) in [5, 5.41) is 19.7. The zero-order valence-electron chi connectivity index (χ0n) is 22.4. The summed E-state index contributed by atoms with van der Waals surface area (Å²) in [6.45, 7) is 9.79. The lowest BCUT2D eigenvalue weighted by molar-refractivity contribution is -0.143. The fourth-order valence-electron chi connectivity index (χ4n) is 2.86. The van der Waals surface area contributed by atoms with Gasteiger partial charge in [-0.3, -0.25) is 19.2 Å². The second-order valence-electron chi connectivity index (χ2n) is 8.68. The Morgan fingerprint density at radius 2 is 1.36 bits per heavy atom. The van der Waals surface area contributed by atoms with Crippen molar-refractivity contribution >= 4 is 35.6 Å². The van der Waals surface area contributed by atoms with Crippen molar-refractivity contribution in [2.24, 2.45) is 5.92 Å². The number of benzene rings is 1. The van der Waals surface area contributed by atoms with Crippen LogP contribution in [0.5, 0.6) is 0 Å². The first-order valence-corrected chi connectivity index (χ1v) is 12.3. The highest BCUT2D eigenvalue weighted by Crippen LogP contribution is 2.15. The van der Waals surface area contributed by atoms with Crippen LogP contribution in [0.4, 0.5) is 0 Å². The number of carbonyl (C=O) groups excluding carboxylic acids is 4. The Labute approximate surface area is 227 Å². The molecule has 0 heterocycles. The third kappa shape index (κ3) is 18.6. The number of aliphatic carboxylic acids is 2. The van der Waals surface area contributed by atoms with Gasteiger partial charge < -0.3 is 25.0 Å². The van der Waals surface area contributed by atoms with E-state index in [0.717, 1.165) is 5.56 Å². The fourth-order valence-corrected chi connectivity index (χ4v) is 2.86. The summed E-state index contributed by atoms with van der Waals surface area (Å²) in [6, 6.07) is 9.23. The van der Waals surface area contributed by atoms with Crippen LogP contribution in [0.15, 0.2) is 54.6 Å². The number of hydrogen-bond acceptors (Lipinski definition) is 8. The molecule has 1 unspecified atom stereocenters. The highest BCUT2D eigenvalue weighted by Gasteiger charge is 2.21. The van der Waals surface area contributed by atoms with Crippen molar-refractivity contribution < 1.29 is 48.5 Å². The maximum atomic E-state index is 11.9. The molecule has 0 bridgehead atoms. The Morgan fingerprint density at radius 1 is 0.846 bits per heavy atom. The smallest absolute Gasteiger partial charge is 0.333 e. The van der Waals surface area contributed by atoms with Crippen molar-refractivity contribution in [1.82, 2.24) is 5.32 Å². The number of esters is 2. The molecule has 0 saturated heterocycles. The third-order valence-electron chi connectivity index (χ3n) is 4.90. The highest BCUT2D eigenvalue weighted by molar-refractivity contribution is 5.87. The molecule has 1 atom stereocenters. The Bertz CT molecular complexity index is 1020. The minimum Gasteiger partial charge on any atom is -0.481 e. The van der Waals surface area contributed by atoms with Gasteiger partial charge in [0.2, 0.25) is 5.91 Å². The van der Waals surface area contributed by atoms with E-state index < -0.39 is 36.3 Å². The third-order valence-corrected chi connectivity index (χ3v) is 4.90. The molecule has 1 amide bonds. The van der Waals surface area contributed by atoms with E-state index in [1.165, 1.54) is 6.92 Å². The molecule has 0 aliphatic carbocycles. The van der Waals surface area contributed by atoms with Crippen LogP contribution in [0.2, 0.25) is 0 Å². The molecule has 214 valence electrons. The van der Waals surface area contributed by atoms with Gasteiger partial charge in [-0.2, -0.15) is 0 Å². The van der Waals surface area contributed by atoms with Crippen molar-refractivity contribution in [3.05, 3.63) is 60.2 Å². The van der Waals surface area contributed by atoms with Gasteiger partial charge in [0, 0.05) is 30.4 Å². The lowest BCUT2D eigenvalue weighted by Gasteiger charge is -2.11. The average molecular weight is 548 g/mol. The summed E-state index contributed by atoms with van der Waals surface area (Å²) in [7, 11) is 0. The molecule has 1 aromatic carbocycles. The van der Waals surface area contributed by atoms with E-state index >= 15 is 0 Å². The average Bonchev–Trinajstić information content (AvgIpc) is 2.88. The summed E-state index contributed by atoms with van der Waals surface area (Å²) in [5.74, 6) is -4.30. The van der Waals surface area contributed by atoms with E-state index in [1.54, 1.807) is 6.92 Å². The second-order valence-corrected chi connectivity index (χ2v) is 8.68. The summed E-state index contributed by atoms with van der Waals surface area (Å²) in [4.78, 5) is 66.4. The minimum atomic E-state index is -1.10. The van der Waals surface area contributed by atoms with E-state index in [1.807, 2.05) is 30.3 Å². The standard InChI is InChI=1S/C18H22O5.C10H15NO5/c1-13(2)18(22)23-10-6-9-16(19)12-15(17(20)21)11-14-7-4-3-5-8-14;1-7(2)10(15)16-5-3-4-8(12)11-6-9(13)14/h3-5,7-8,15H,1,6,9-12H2,2H3,(H,20,21);1,3-6H2,2H3,(H,11,12)(H,13,14). The monoisotopic (exact) mass is 547 g/mol. The molecular weight excluding hydrogens is 510 g/mol. The van der Waals surface area contributed by atoms with Gasteiger partial charge in [0.25, 0.3) is 0 Å². The molecule has 0 radical (unpaired) electrons. The number of ketones is 1. The zero-order valence-corrected chi connectivity index (χ0v) is 22.4. The van der Waals surface area contributed by atoms with E-state index in [4.69, 9.17) is 14.6 Å². The number of carboxylic acids is 2. The quantitative estimate of drug-likeness (QED) is 0.149. The topological polar surface area (TPSA) is 173 Å². The van der Waals surface area contributed by atoms with Gasteiger partial charge >= 0.3 is 23.9 Å². The van der Waals surface area contributed by atoms with Crippen molar-refractivity contribution in [2.45, 2.75) is 52.4 Å². The van der Waals surface area contributed by atoms with Crippen LogP contribution < -0.4 is 5.32 Å². The summed E-state index contributed by atoms with van der Waals surface area (Å²) in [6.07, 6.45) is 1.37. The number of ether oxygens (including phenoxy) is 2. The van der Waals surface area contributed by atoms with Crippen LogP contribution >= 0.6 is 0 Å². The van der Waals surface area contributed by atoms with Crippen LogP contribution in [0.25, 0.3) is 0 Å². The first-order valence-electron chi connectivity index (χ1n) is 12.3. The predicted octanol–water partition coefficient (Wildman–Crippen LogP) is 2.88. The van der Waals surface area contributed by atoms with Gasteiger partial charge in [0.05, 0.1) is 19.1 Å². The van der Waals surface area contributed by atoms with Crippen molar-refractivity contribution in [1.29, 1.82) is 0 Å². The van der Waals surface area contributed by atoms with Crippen LogP contribution in [-0.4, -0.2) is 65.5 Å². The molecule has 39 heavy (non-hydrogen) atoms. The van der Waals surface area contributed by atoms with Crippen LogP contribution in [0.1, 0.15) is 51.5 Å². The van der Waals surface area contributed by atoms with Gasteiger partial charge in [-0.15, -0.1) is 0 Å². The maximum Gasteiger partial charge on any atom is 0.333 e. The zero-order chi connectivity index (χ0) is 29.8. The molecule has 0 aromatic heterocycles. The van der Waals surface area contributed by atoms with Crippen molar-refractivity contribution in [3.8, 4) is 0 Å². The molecule has 0 aliphatic heterocycles. The minimum absolute atomic E-state index is 0.0152. The molecule has 1 rings (SSSR count). The van der Waals surface area contributed by atoms with Crippen LogP contribution in [0, 0.1) is 5.92 Å². The number of hydrogen-bond donors (Lipinski definition) is 3. The molecule has 1 aromatic rings. The van der Waals surface area contributed by atoms with Gasteiger partial charge in [-0.25, -0.2) is 9.59 Å². The number of Topliss-reactive ketones (excluding diaryl/α,β-unsaturated/α-hetero) is 1. The first-order chi connectivity index (χ1) is 18.3. The lowest BCUT2D eigenvalue weighted by Crippen LogP contribution is -2.29. The molecular formula is C28H37NO10. The highest BCUT2D eigenvalue weighted by atomic mass is 16.5. The Hall–Kier alpha value is -4.28. The van der Waals surface area contributed by atoms with E-state index in [-0.39, 0.29) is 44.2 Å². The number of rotatable bonds is 17. The molecule has 0 spiro atoms. The van der Waals surface area contributed by atoms with Gasteiger partial charge in [0.15, 0.2) is 0 Å². The number of nitrogens with one attached hydrogen (secondary N) is 1. The normalized spacial score (nSPS) is 10.6. The Morgan fingerprint density at radius 3 is 1.82 bits per heavy atom. The first kappa shape index (κ1) is 34.7. The summed E-state index contributed by atoms with van der Waals surface area (Å²) in [5.41, 5.74) is 1.50. The van der Waals surface area contributed by atoms with Crippen molar-refractivity contribution in [3.63, 3.8) is 0 Å². The van der Waals surface area contributed by atoms with Gasteiger partial charge in [-0.05, 0) is 38.7 Å². The van der Waals surface area contributed by atoms with Crippen LogP contribution in [0.3, 0.4) is 0 Å². The number of carboxylic acid groups (broad SMARTS) is 2. The molecule has 11 nitrogen and oxygen atoms in total. The Kier molecular flexibility index (Phi) is 17.6.